The number of rotatable bonds is 59. The van der Waals surface area contributed by atoms with Crippen LogP contribution in [0.25, 0.3) is 0 Å². The van der Waals surface area contributed by atoms with E-state index in [1.165, 1.54) is 244 Å². The Morgan fingerprint density at radius 3 is 1.01 bits per heavy atom. The van der Waals surface area contributed by atoms with Crippen LogP contribution < -0.4 is 0 Å². The average molecular weight is 1030 g/mol. The number of esters is 2. The minimum atomic E-state index is -1.51. The van der Waals surface area contributed by atoms with Crippen LogP contribution in [0.3, 0.4) is 0 Å². The summed E-state index contributed by atoms with van der Waals surface area (Å²) in [4.78, 5) is 37.5. The Balaban J connectivity index is 4.12. The zero-order valence-corrected chi connectivity index (χ0v) is 49.1. The molecule has 0 aliphatic carbocycles. The lowest BCUT2D eigenvalue weighted by Crippen LogP contribution is -2.40. The van der Waals surface area contributed by atoms with Crippen LogP contribution in [0.1, 0.15) is 309 Å². The normalized spacial score (nSPS) is 12.8. The Hall–Kier alpha value is -2.23. The van der Waals surface area contributed by atoms with Crippen LogP contribution >= 0.6 is 0 Å². The molecule has 0 aliphatic rings. The van der Waals surface area contributed by atoms with Gasteiger partial charge in [0.15, 0.2) is 6.10 Å². The molecule has 73 heavy (non-hydrogen) atoms. The van der Waals surface area contributed by atoms with Gasteiger partial charge in [0.2, 0.25) is 0 Å². The van der Waals surface area contributed by atoms with Crippen molar-refractivity contribution in [3.05, 3.63) is 24.3 Å². The van der Waals surface area contributed by atoms with E-state index in [9.17, 15) is 19.5 Å². The van der Waals surface area contributed by atoms with E-state index in [1.54, 1.807) is 0 Å². The van der Waals surface area contributed by atoms with E-state index in [1.807, 2.05) is 21.1 Å². The van der Waals surface area contributed by atoms with Crippen molar-refractivity contribution in [3.63, 3.8) is 0 Å². The smallest absolute Gasteiger partial charge is 0.361 e. The predicted octanol–water partition coefficient (Wildman–Crippen LogP) is 18.7. The fraction of sp³-hybridized carbons (Fsp3) is 0.891. The standard InChI is InChI=1S/C64H121NO8/c1-6-8-10-12-14-16-18-20-22-24-26-27-28-29-30-31-32-33-34-35-37-39-41-43-45-47-49-51-53-55-62(67)73-60(59-72-64(63(68)69)70-57-56-65(3,4)5)58-71-61(66)54-52-50-48-46-44-42-40-38-36-25-23-21-19-17-15-13-11-9-7-2/h21,23-24,26,60,64H,6-20,22,25,27-59H2,1-5H3/p+1/b23-21-,26-24-. The topological polar surface area (TPSA) is 108 Å². The van der Waals surface area contributed by atoms with E-state index in [4.69, 9.17) is 18.9 Å². The number of aliphatic carboxylic acids is 1. The third-order valence-corrected chi connectivity index (χ3v) is 14.2. The van der Waals surface area contributed by atoms with E-state index in [0.717, 1.165) is 38.5 Å². The highest BCUT2D eigenvalue weighted by Crippen LogP contribution is 2.17. The van der Waals surface area contributed by atoms with Gasteiger partial charge in [0, 0.05) is 12.8 Å². The van der Waals surface area contributed by atoms with Crippen molar-refractivity contribution in [3.8, 4) is 0 Å². The maximum Gasteiger partial charge on any atom is 0.361 e. The van der Waals surface area contributed by atoms with Gasteiger partial charge >= 0.3 is 17.9 Å². The second kappa shape index (κ2) is 56.0. The largest absolute Gasteiger partial charge is 0.477 e. The van der Waals surface area contributed by atoms with Gasteiger partial charge in [-0.25, -0.2) is 4.79 Å². The summed E-state index contributed by atoms with van der Waals surface area (Å²) in [5.74, 6) is -1.99. The Labute approximate surface area is 452 Å². The zero-order chi connectivity index (χ0) is 53.4. The number of allylic oxidation sites excluding steroid dienone is 4. The van der Waals surface area contributed by atoms with Crippen LogP contribution in [0.4, 0.5) is 0 Å². The molecule has 0 heterocycles. The van der Waals surface area contributed by atoms with Crippen molar-refractivity contribution in [1.82, 2.24) is 0 Å². The summed E-state index contributed by atoms with van der Waals surface area (Å²) in [6.45, 7) is 4.92. The average Bonchev–Trinajstić information content (AvgIpc) is 3.36. The number of carbonyl (C=O) groups is 3. The van der Waals surface area contributed by atoms with Crippen LogP contribution in [0.15, 0.2) is 24.3 Å². The highest BCUT2D eigenvalue weighted by Gasteiger charge is 2.25. The summed E-state index contributed by atoms with van der Waals surface area (Å²) in [6.07, 6.45) is 64.1. The van der Waals surface area contributed by atoms with Crippen molar-refractivity contribution in [2.24, 2.45) is 0 Å². The summed E-state index contributed by atoms with van der Waals surface area (Å²) in [5.41, 5.74) is 0. The molecule has 0 aromatic rings. The van der Waals surface area contributed by atoms with Crippen molar-refractivity contribution in [2.75, 3.05) is 47.5 Å². The molecule has 0 saturated carbocycles. The van der Waals surface area contributed by atoms with Crippen LogP contribution in [0.2, 0.25) is 0 Å². The maximum absolute atomic E-state index is 12.9. The minimum absolute atomic E-state index is 0.178. The third-order valence-electron chi connectivity index (χ3n) is 14.2. The second-order valence-corrected chi connectivity index (χ2v) is 22.7. The number of carbonyl (C=O) groups excluding carboxylic acids is 2. The number of quaternary nitrogens is 1. The van der Waals surface area contributed by atoms with E-state index < -0.39 is 18.4 Å². The number of ether oxygens (including phenoxy) is 4. The molecule has 9 heteroatoms. The van der Waals surface area contributed by atoms with Crippen molar-refractivity contribution < 1.29 is 42.9 Å². The molecule has 9 nitrogen and oxygen atoms in total. The van der Waals surface area contributed by atoms with E-state index in [0.29, 0.717) is 17.4 Å². The Morgan fingerprint density at radius 1 is 0.397 bits per heavy atom. The molecule has 0 aliphatic heterocycles. The first-order chi connectivity index (χ1) is 35.6. The predicted molar refractivity (Wildman–Crippen MR) is 309 cm³/mol. The fourth-order valence-electron chi connectivity index (χ4n) is 9.30. The number of likely N-dealkylation sites (N-methyl/N-ethyl adjacent to an activating group) is 1. The van der Waals surface area contributed by atoms with Gasteiger partial charge in [0.1, 0.15) is 13.2 Å². The van der Waals surface area contributed by atoms with Gasteiger partial charge < -0.3 is 28.5 Å². The lowest BCUT2D eigenvalue weighted by Gasteiger charge is -2.25. The van der Waals surface area contributed by atoms with Gasteiger partial charge in [-0.1, -0.05) is 256 Å². The maximum atomic E-state index is 12.9. The fourth-order valence-corrected chi connectivity index (χ4v) is 9.30. The minimum Gasteiger partial charge on any atom is -0.477 e. The molecule has 0 rings (SSSR count). The van der Waals surface area contributed by atoms with Gasteiger partial charge in [-0.15, -0.1) is 0 Å². The lowest BCUT2D eigenvalue weighted by molar-refractivity contribution is -0.870. The van der Waals surface area contributed by atoms with Crippen molar-refractivity contribution in [1.29, 1.82) is 0 Å². The molecule has 0 bridgehead atoms. The molecular weight excluding hydrogens is 911 g/mol. The van der Waals surface area contributed by atoms with E-state index in [-0.39, 0.29) is 38.2 Å². The van der Waals surface area contributed by atoms with Gasteiger partial charge in [-0.2, -0.15) is 0 Å². The number of unbranched alkanes of at least 4 members (excludes halogenated alkanes) is 40. The van der Waals surface area contributed by atoms with Crippen molar-refractivity contribution in [2.45, 2.75) is 322 Å². The van der Waals surface area contributed by atoms with Crippen LogP contribution in [0.5, 0.6) is 0 Å². The summed E-state index contributed by atoms with van der Waals surface area (Å²) in [7, 11) is 5.98. The van der Waals surface area contributed by atoms with E-state index in [2.05, 4.69) is 38.2 Å². The molecule has 0 saturated heterocycles. The van der Waals surface area contributed by atoms with Gasteiger partial charge in [-0.3, -0.25) is 9.59 Å². The second-order valence-electron chi connectivity index (χ2n) is 22.7. The SMILES string of the molecule is CCCCCCCC/C=C\CCCCCCCCCCCC(=O)OCC(COC(OCC[N+](C)(C)C)C(=O)O)OC(=O)CCCCCCCCCCCCCCCCCCC/C=C\CCCCCCCCCC. The first-order valence-electron chi connectivity index (χ1n) is 31.5. The van der Waals surface area contributed by atoms with Crippen LogP contribution in [0, 0.1) is 0 Å². The van der Waals surface area contributed by atoms with Crippen molar-refractivity contribution >= 4 is 17.9 Å². The molecule has 430 valence electrons. The number of carboxylic acids is 1. The Bertz CT molecular complexity index is 1250. The monoisotopic (exact) mass is 1030 g/mol. The van der Waals surface area contributed by atoms with Gasteiger partial charge in [0.05, 0.1) is 34.4 Å². The summed E-state index contributed by atoms with van der Waals surface area (Å²) < 4.78 is 22.9. The van der Waals surface area contributed by atoms with Gasteiger partial charge in [0.25, 0.3) is 6.29 Å². The zero-order valence-electron chi connectivity index (χ0n) is 49.1. The van der Waals surface area contributed by atoms with Crippen LogP contribution in [-0.4, -0.2) is 87.4 Å². The molecule has 0 amide bonds. The van der Waals surface area contributed by atoms with Gasteiger partial charge in [-0.05, 0) is 64.2 Å². The number of hydrogen-bond donors (Lipinski definition) is 1. The first-order valence-corrected chi connectivity index (χ1v) is 31.5. The number of hydrogen-bond acceptors (Lipinski definition) is 7. The quantitative estimate of drug-likeness (QED) is 0.0211. The van der Waals surface area contributed by atoms with Crippen LogP contribution in [-0.2, 0) is 33.3 Å². The summed E-state index contributed by atoms with van der Waals surface area (Å²) in [6, 6.07) is 0. The Morgan fingerprint density at radius 2 is 0.699 bits per heavy atom. The molecule has 2 atom stereocenters. The summed E-state index contributed by atoms with van der Waals surface area (Å²) >= 11 is 0. The Kier molecular flexibility index (Phi) is 54.3. The third kappa shape index (κ3) is 57.3. The number of carboxylic acid groups (broad SMARTS) is 1. The molecule has 0 fully saturated rings. The molecule has 0 radical (unpaired) electrons. The molecule has 2 unspecified atom stereocenters. The highest BCUT2D eigenvalue weighted by atomic mass is 16.7. The molecular formula is C64H122NO8+. The highest BCUT2D eigenvalue weighted by molar-refractivity contribution is 5.71. The summed E-state index contributed by atoms with van der Waals surface area (Å²) in [5, 5.41) is 9.71. The van der Waals surface area contributed by atoms with E-state index >= 15 is 0 Å². The molecule has 0 aromatic heterocycles. The lowest BCUT2D eigenvalue weighted by atomic mass is 10.0. The first kappa shape index (κ1) is 70.8. The molecule has 0 aromatic carbocycles. The molecule has 1 N–H and O–H groups in total. The molecule has 0 spiro atoms. The number of nitrogens with zero attached hydrogens (tertiary/aromatic N) is 1.